The fourth-order valence-electron chi connectivity index (χ4n) is 7.45. The normalized spacial score (nSPS) is 20.1. The van der Waals surface area contributed by atoms with E-state index in [2.05, 4.69) is 134 Å². The first-order valence-electron chi connectivity index (χ1n) is 13.9. The van der Waals surface area contributed by atoms with Crippen LogP contribution in [0.1, 0.15) is 50.3 Å². The summed E-state index contributed by atoms with van der Waals surface area (Å²) in [6, 6.07) is 29.2. The molecule has 39 heavy (non-hydrogen) atoms. The molecule has 0 spiro atoms. The van der Waals surface area contributed by atoms with Gasteiger partial charge in [-0.1, -0.05) is 57.2 Å². The van der Waals surface area contributed by atoms with Crippen molar-refractivity contribution in [2.45, 2.75) is 44.6 Å². The van der Waals surface area contributed by atoms with Gasteiger partial charge in [-0.3, -0.25) is 0 Å². The van der Waals surface area contributed by atoms with Gasteiger partial charge in [0.2, 0.25) is 5.52 Å². The molecule has 0 radical (unpaired) electrons. The Morgan fingerprint density at radius 2 is 1.62 bits per heavy atom. The molecular weight excluding hydrogens is 476 g/mol. The molecular formula is C36H29N2O+. The Hall–Kier alpha value is -4.37. The molecule has 0 saturated heterocycles. The van der Waals surface area contributed by atoms with Crippen molar-refractivity contribution in [2.24, 2.45) is 0 Å². The Morgan fingerprint density at radius 3 is 2.49 bits per heavy atom. The van der Waals surface area contributed by atoms with Crippen molar-refractivity contribution in [3.8, 4) is 5.75 Å². The summed E-state index contributed by atoms with van der Waals surface area (Å²) in [7, 11) is 0. The van der Waals surface area contributed by atoms with Gasteiger partial charge in [0.1, 0.15) is 11.4 Å². The van der Waals surface area contributed by atoms with E-state index in [-0.39, 0.29) is 11.3 Å². The van der Waals surface area contributed by atoms with E-state index >= 15 is 0 Å². The van der Waals surface area contributed by atoms with Gasteiger partial charge < -0.3 is 9.14 Å². The van der Waals surface area contributed by atoms with E-state index in [1.54, 1.807) is 0 Å². The van der Waals surface area contributed by atoms with Crippen LogP contribution < -0.4 is 14.4 Å². The molecule has 2 unspecified atom stereocenters. The lowest BCUT2D eigenvalue weighted by molar-refractivity contribution is -0.510. The maximum Gasteiger partial charge on any atom is 0.218 e. The Bertz CT molecular complexity index is 2270. The highest BCUT2D eigenvalue weighted by Crippen LogP contribution is 2.54. The largest absolute Gasteiger partial charge is 0.482 e. The number of hydrogen-bond donors (Lipinski definition) is 0. The molecule has 0 fully saturated rings. The Labute approximate surface area is 226 Å². The molecule has 188 valence electrons. The van der Waals surface area contributed by atoms with E-state index in [9.17, 15) is 0 Å². The predicted molar refractivity (Wildman–Crippen MR) is 159 cm³/mol. The second-order valence-electron chi connectivity index (χ2n) is 12.7. The van der Waals surface area contributed by atoms with E-state index in [1.165, 1.54) is 65.5 Å². The fourth-order valence-corrected chi connectivity index (χ4v) is 7.45. The number of rotatable bonds is 0. The van der Waals surface area contributed by atoms with E-state index in [0.717, 1.165) is 5.75 Å². The summed E-state index contributed by atoms with van der Waals surface area (Å²) in [4.78, 5) is 0. The molecule has 1 aliphatic heterocycles. The molecule has 7 aromatic rings. The maximum atomic E-state index is 6.76. The molecule has 0 amide bonds. The Morgan fingerprint density at radius 1 is 0.821 bits per heavy atom. The van der Waals surface area contributed by atoms with Gasteiger partial charge in [0.05, 0.1) is 27.9 Å². The van der Waals surface area contributed by atoms with Crippen LogP contribution in [-0.4, -0.2) is 10.0 Å². The Balaban J connectivity index is 1.50. The summed E-state index contributed by atoms with van der Waals surface area (Å²) in [5, 5.41) is 6.46. The first kappa shape index (κ1) is 21.6. The van der Waals surface area contributed by atoms with Crippen molar-refractivity contribution >= 4 is 49.7 Å². The van der Waals surface area contributed by atoms with Crippen molar-refractivity contribution in [1.29, 1.82) is 0 Å². The third-order valence-electron chi connectivity index (χ3n) is 9.26. The predicted octanol–water partition coefficient (Wildman–Crippen LogP) is 7.23. The van der Waals surface area contributed by atoms with Crippen LogP contribution in [0.3, 0.4) is 0 Å². The molecule has 3 nitrogen and oxygen atoms in total. The minimum Gasteiger partial charge on any atom is -0.482 e. The number of aromatic nitrogens is 2. The minimum atomic E-state index is -0.440. The first-order valence-corrected chi connectivity index (χ1v) is 13.9. The van der Waals surface area contributed by atoms with Crippen LogP contribution in [0.2, 0.25) is 0 Å². The number of pyridine rings is 2. The number of ether oxygens (including phenoxy) is 1. The lowest BCUT2D eigenvalue weighted by Gasteiger charge is -2.30. The average molecular weight is 506 g/mol. The quantitative estimate of drug-likeness (QED) is 0.157. The van der Waals surface area contributed by atoms with Gasteiger partial charge in [0.25, 0.3) is 0 Å². The van der Waals surface area contributed by atoms with Crippen molar-refractivity contribution in [3.05, 3.63) is 113 Å². The lowest BCUT2D eigenvalue weighted by atomic mass is 9.76. The van der Waals surface area contributed by atoms with Gasteiger partial charge in [-0.05, 0) is 59.2 Å². The van der Waals surface area contributed by atoms with Crippen molar-refractivity contribution < 1.29 is 9.14 Å². The third-order valence-corrected chi connectivity index (χ3v) is 9.26. The summed E-state index contributed by atoms with van der Waals surface area (Å²) in [5.41, 5.74) is 8.77. The van der Waals surface area contributed by atoms with E-state index in [1.807, 2.05) is 0 Å². The summed E-state index contributed by atoms with van der Waals surface area (Å²) in [5.74, 6) is 1.13. The monoisotopic (exact) mass is 505 g/mol. The van der Waals surface area contributed by atoms with E-state index < -0.39 is 5.60 Å². The second kappa shape index (κ2) is 6.79. The molecule has 0 bridgehead atoms. The smallest absolute Gasteiger partial charge is 0.218 e. The fraction of sp³-hybridized carbons (Fsp3) is 0.194. The van der Waals surface area contributed by atoms with E-state index in [4.69, 9.17) is 4.74 Å². The number of benzene rings is 3. The van der Waals surface area contributed by atoms with Gasteiger partial charge in [0.15, 0.2) is 12.4 Å². The molecule has 0 N–H and O–H groups in total. The Kier molecular flexibility index (Phi) is 3.75. The molecule has 2 atom stereocenters. The molecule has 9 rings (SSSR count). The van der Waals surface area contributed by atoms with Crippen LogP contribution in [0, 0.1) is 0 Å². The van der Waals surface area contributed by atoms with Gasteiger partial charge in [-0.25, -0.2) is 0 Å². The molecule has 0 saturated carbocycles. The van der Waals surface area contributed by atoms with Crippen LogP contribution >= 0.6 is 0 Å². The number of hydrogen-bond acceptors (Lipinski definition) is 1. The molecule has 5 heterocycles. The zero-order chi connectivity index (χ0) is 26.3. The zero-order valence-electron chi connectivity index (χ0n) is 22.6. The zero-order valence-corrected chi connectivity index (χ0v) is 22.6. The van der Waals surface area contributed by atoms with E-state index in [0.29, 0.717) is 0 Å². The van der Waals surface area contributed by atoms with Crippen molar-refractivity contribution in [3.63, 3.8) is 0 Å². The summed E-state index contributed by atoms with van der Waals surface area (Å²) >= 11 is 0. The highest BCUT2D eigenvalue weighted by Gasteiger charge is 2.48. The summed E-state index contributed by atoms with van der Waals surface area (Å²) in [6.07, 6.45) is 6.79. The topological polar surface area (TPSA) is 17.7 Å². The minimum absolute atomic E-state index is 0.0838. The highest BCUT2D eigenvalue weighted by molar-refractivity contribution is 6.11. The van der Waals surface area contributed by atoms with Gasteiger partial charge >= 0.3 is 0 Å². The van der Waals surface area contributed by atoms with Gasteiger partial charge in [-0.15, -0.1) is 0 Å². The van der Waals surface area contributed by atoms with Crippen LogP contribution in [-0.2, 0) is 5.41 Å². The highest BCUT2D eigenvalue weighted by atomic mass is 16.5. The lowest BCUT2D eigenvalue weighted by Crippen LogP contribution is -2.37. The van der Waals surface area contributed by atoms with Gasteiger partial charge in [0, 0.05) is 39.8 Å². The molecule has 3 aromatic carbocycles. The van der Waals surface area contributed by atoms with Gasteiger partial charge in [-0.2, -0.15) is 4.40 Å². The molecule has 3 heteroatoms. The summed E-state index contributed by atoms with van der Waals surface area (Å²) in [6.45, 7) is 9.12. The van der Waals surface area contributed by atoms with Crippen LogP contribution in [0.5, 0.6) is 5.75 Å². The number of nitrogens with zero attached hydrogens (tertiary/aromatic N) is 2. The summed E-state index contributed by atoms with van der Waals surface area (Å²) < 4.78 is 11.5. The first-order chi connectivity index (χ1) is 18.8. The molecule has 1 aliphatic carbocycles. The third kappa shape index (κ3) is 2.61. The van der Waals surface area contributed by atoms with Crippen LogP contribution in [0.4, 0.5) is 0 Å². The number of fused-ring (bicyclic) bond motifs is 13. The van der Waals surface area contributed by atoms with Crippen molar-refractivity contribution in [1.82, 2.24) is 4.40 Å². The SMILES string of the molecule is CC(C)(C)c1cc[n+]2ccc3cc4c(cc3c2c1)c1c2c(c3ccccc3n24)=CC2(C)Oc3ccccc3C12. The average Bonchev–Trinajstić information content (AvgIpc) is 3.53. The van der Waals surface area contributed by atoms with Crippen LogP contribution in [0.25, 0.3) is 49.7 Å². The van der Waals surface area contributed by atoms with Crippen LogP contribution in [0.15, 0.2) is 91.3 Å². The molecule has 2 aliphatic rings. The maximum absolute atomic E-state index is 6.76. The van der Waals surface area contributed by atoms with Crippen molar-refractivity contribution in [2.75, 3.05) is 0 Å². The standard InChI is InChI=1S/C36H29N2O/c1-35(2,3)22-14-16-37-15-13-21-17-30-26(19-25(21)29(37)18-22)32-33-24-10-6-8-12-31(24)39-36(33,4)20-27-23-9-5-7-11-28(23)38(30)34(27)32/h5-20,33H,1-4H3/q+1. The number of para-hydroxylation sites is 2. The molecule has 4 aromatic heterocycles. The second-order valence-corrected chi connectivity index (χ2v) is 12.7.